The van der Waals surface area contributed by atoms with E-state index in [1.807, 2.05) is 0 Å². The van der Waals surface area contributed by atoms with Gasteiger partial charge in [0.1, 0.15) is 6.04 Å². The average molecular weight is 170 g/mol. The molecule has 2 amide bonds. The lowest BCUT2D eigenvalue weighted by atomic mass is 10.2. The van der Waals surface area contributed by atoms with Crippen LogP contribution >= 0.6 is 0 Å². The molecule has 1 aliphatic heterocycles. The van der Waals surface area contributed by atoms with Crippen LogP contribution in [-0.2, 0) is 9.59 Å². The molecule has 0 radical (unpaired) electrons. The zero-order valence-electron chi connectivity index (χ0n) is 7.70. The van der Waals surface area contributed by atoms with E-state index in [1.165, 1.54) is 11.8 Å². The minimum Gasteiger partial charge on any atom is -0.344 e. The van der Waals surface area contributed by atoms with Gasteiger partial charge in [0.05, 0.1) is 0 Å². The maximum Gasteiger partial charge on any atom is 0.245 e. The molecule has 1 rings (SSSR count). The fraction of sp³-hybridized carbons (Fsp3) is 0.750. The number of carbonyl (C=O) groups is 2. The van der Waals surface area contributed by atoms with Crippen LogP contribution in [0, 0.1) is 0 Å². The van der Waals surface area contributed by atoms with E-state index in [0.717, 1.165) is 13.0 Å². The van der Waals surface area contributed by atoms with E-state index in [9.17, 15) is 9.59 Å². The van der Waals surface area contributed by atoms with E-state index < -0.39 is 0 Å². The molecule has 0 aromatic carbocycles. The third kappa shape index (κ3) is 1.42. The van der Waals surface area contributed by atoms with Crippen molar-refractivity contribution >= 4 is 11.8 Å². The summed E-state index contributed by atoms with van der Waals surface area (Å²) in [6.45, 7) is 2.23. The summed E-state index contributed by atoms with van der Waals surface area (Å²) in [7, 11) is 3.43. The first-order chi connectivity index (χ1) is 5.54. The van der Waals surface area contributed by atoms with Gasteiger partial charge in [-0.2, -0.15) is 0 Å². The molecule has 0 N–H and O–H groups in total. The molecule has 1 atom stereocenters. The summed E-state index contributed by atoms with van der Waals surface area (Å²) in [6, 6.07) is -0.229. The van der Waals surface area contributed by atoms with E-state index in [1.54, 1.807) is 19.0 Å². The van der Waals surface area contributed by atoms with Gasteiger partial charge >= 0.3 is 0 Å². The maximum absolute atomic E-state index is 11.4. The number of rotatable bonds is 1. The zero-order valence-corrected chi connectivity index (χ0v) is 7.70. The van der Waals surface area contributed by atoms with Crippen LogP contribution in [0.1, 0.15) is 13.3 Å². The summed E-state index contributed by atoms with van der Waals surface area (Å²) >= 11 is 0. The molecule has 0 saturated carbocycles. The minimum atomic E-state index is -0.229. The first kappa shape index (κ1) is 9.03. The molecule has 1 heterocycles. The molecule has 1 fully saturated rings. The molecule has 1 saturated heterocycles. The summed E-state index contributed by atoms with van der Waals surface area (Å²) < 4.78 is 0. The third-order valence-corrected chi connectivity index (χ3v) is 2.36. The molecular weight excluding hydrogens is 156 g/mol. The summed E-state index contributed by atoms with van der Waals surface area (Å²) in [4.78, 5) is 25.5. The van der Waals surface area contributed by atoms with E-state index in [2.05, 4.69) is 0 Å². The molecule has 0 aromatic heterocycles. The number of hydrogen-bond acceptors (Lipinski definition) is 2. The number of nitrogens with zero attached hydrogens (tertiary/aromatic N) is 2. The monoisotopic (exact) mass is 170 g/mol. The smallest absolute Gasteiger partial charge is 0.245 e. The van der Waals surface area contributed by atoms with Crippen LogP contribution in [-0.4, -0.2) is 48.3 Å². The van der Waals surface area contributed by atoms with Crippen LogP contribution in [0.25, 0.3) is 0 Å². The Morgan fingerprint density at radius 3 is 2.58 bits per heavy atom. The predicted octanol–water partition coefficient (Wildman–Crippen LogP) is -0.305. The summed E-state index contributed by atoms with van der Waals surface area (Å²) in [5, 5.41) is 0. The second kappa shape index (κ2) is 3.13. The summed E-state index contributed by atoms with van der Waals surface area (Å²) in [5.74, 6) is -0.00338. The highest BCUT2D eigenvalue weighted by atomic mass is 16.2. The van der Waals surface area contributed by atoms with Crippen LogP contribution in [0.3, 0.4) is 0 Å². The Kier molecular flexibility index (Phi) is 2.35. The van der Waals surface area contributed by atoms with Gasteiger partial charge in [-0.05, 0) is 6.42 Å². The molecule has 68 valence electrons. The number of likely N-dealkylation sites (tertiary alicyclic amines) is 1. The van der Waals surface area contributed by atoms with Gasteiger partial charge < -0.3 is 9.80 Å². The Bertz CT molecular complexity index is 215. The molecule has 0 spiro atoms. The van der Waals surface area contributed by atoms with Crippen molar-refractivity contribution in [3.8, 4) is 0 Å². The maximum atomic E-state index is 11.4. The normalized spacial score (nSPS) is 23.1. The van der Waals surface area contributed by atoms with E-state index >= 15 is 0 Å². The summed E-state index contributed by atoms with van der Waals surface area (Å²) in [5.41, 5.74) is 0. The van der Waals surface area contributed by atoms with Gasteiger partial charge in [0, 0.05) is 27.6 Å². The van der Waals surface area contributed by atoms with Crippen molar-refractivity contribution in [2.45, 2.75) is 19.4 Å². The van der Waals surface area contributed by atoms with Crippen LogP contribution in [0.15, 0.2) is 0 Å². The largest absolute Gasteiger partial charge is 0.344 e. The van der Waals surface area contributed by atoms with Gasteiger partial charge in [0.15, 0.2) is 0 Å². The van der Waals surface area contributed by atoms with Gasteiger partial charge in [-0.15, -0.1) is 0 Å². The number of carbonyl (C=O) groups excluding carboxylic acids is 2. The minimum absolute atomic E-state index is 0.0488. The van der Waals surface area contributed by atoms with Gasteiger partial charge in [0.25, 0.3) is 0 Å². The lowest BCUT2D eigenvalue weighted by Gasteiger charge is -2.21. The molecule has 4 nitrogen and oxygen atoms in total. The Labute approximate surface area is 72.1 Å². The third-order valence-electron chi connectivity index (χ3n) is 2.36. The number of hydrogen-bond donors (Lipinski definition) is 0. The zero-order chi connectivity index (χ0) is 9.30. The Hall–Kier alpha value is -1.06. The van der Waals surface area contributed by atoms with Gasteiger partial charge in [-0.25, -0.2) is 0 Å². The second-order valence-electron chi connectivity index (χ2n) is 3.19. The molecule has 0 aliphatic carbocycles. The predicted molar refractivity (Wildman–Crippen MR) is 44.5 cm³/mol. The van der Waals surface area contributed by atoms with E-state index in [4.69, 9.17) is 0 Å². The highest BCUT2D eigenvalue weighted by Crippen LogP contribution is 2.13. The summed E-state index contributed by atoms with van der Waals surface area (Å²) in [6.07, 6.45) is 0.755. The Balaban J connectivity index is 2.65. The Morgan fingerprint density at radius 1 is 1.67 bits per heavy atom. The van der Waals surface area contributed by atoms with Crippen LogP contribution in [0.4, 0.5) is 0 Å². The molecule has 1 unspecified atom stereocenters. The highest BCUT2D eigenvalue weighted by Gasteiger charge is 2.33. The van der Waals surface area contributed by atoms with Gasteiger partial charge in [0.2, 0.25) is 11.8 Å². The first-order valence-electron chi connectivity index (χ1n) is 4.02. The van der Waals surface area contributed by atoms with Crippen molar-refractivity contribution in [3.63, 3.8) is 0 Å². The van der Waals surface area contributed by atoms with Crippen molar-refractivity contribution < 1.29 is 9.59 Å². The van der Waals surface area contributed by atoms with Crippen molar-refractivity contribution in [1.82, 2.24) is 9.80 Å². The quantitative estimate of drug-likeness (QED) is 0.542. The van der Waals surface area contributed by atoms with Crippen LogP contribution in [0.2, 0.25) is 0 Å². The fourth-order valence-corrected chi connectivity index (χ4v) is 1.38. The van der Waals surface area contributed by atoms with Crippen molar-refractivity contribution in [2.24, 2.45) is 0 Å². The molecular formula is C8H14N2O2. The molecule has 0 aromatic rings. The first-order valence-corrected chi connectivity index (χ1v) is 4.02. The lowest BCUT2D eigenvalue weighted by molar-refractivity contribution is -0.138. The molecule has 0 bridgehead atoms. The SMILES string of the molecule is CC(=O)N(C)C1CCN(C)C1=O. The number of likely N-dealkylation sites (N-methyl/N-ethyl adjacent to an activating group) is 2. The molecule has 4 heteroatoms. The second-order valence-corrected chi connectivity index (χ2v) is 3.19. The van der Waals surface area contributed by atoms with Gasteiger partial charge in [-0.3, -0.25) is 9.59 Å². The molecule has 12 heavy (non-hydrogen) atoms. The molecule has 1 aliphatic rings. The highest BCUT2D eigenvalue weighted by molar-refractivity contribution is 5.88. The van der Waals surface area contributed by atoms with Crippen molar-refractivity contribution in [2.75, 3.05) is 20.6 Å². The van der Waals surface area contributed by atoms with Gasteiger partial charge in [-0.1, -0.05) is 0 Å². The van der Waals surface area contributed by atoms with E-state index in [-0.39, 0.29) is 17.9 Å². The van der Waals surface area contributed by atoms with Crippen molar-refractivity contribution in [1.29, 1.82) is 0 Å². The lowest BCUT2D eigenvalue weighted by Crippen LogP contribution is -2.40. The number of amides is 2. The topological polar surface area (TPSA) is 40.6 Å². The Morgan fingerprint density at radius 2 is 2.25 bits per heavy atom. The van der Waals surface area contributed by atoms with Crippen LogP contribution < -0.4 is 0 Å². The van der Waals surface area contributed by atoms with Crippen molar-refractivity contribution in [3.05, 3.63) is 0 Å². The average Bonchev–Trinajstić information content (AvgIpc) is 2.32. The van der Waals surface area contributed by atoms with E-state index in [0.29, 0.717) is 0 Å². The fourth-order valence-electron chi connectivity index (χ4n) is 1.38. The standard InChI is InChI=1S/C8H14N2O2/c1-6(11)10(3)7-4-5-9(2)8(7)12/h7H,4-5H2,1-3H3. The van der Waals surface area contributed by atoms with Crippen LogP contribution in [0.5, 0.6) is 0 Å².